The molecule has 0 amide bonds. The molecule has 4 heterocycles. The Balaban J connectivity index is 1.57. The number of hydrogen-bond acceptors (Lipinski definition) is 6. The van der Waals surface area contributed by atoms with E-state index < -0.39 is 0 Å². The van der Waals surface area contributed by atoms with Crippen molar-refractivity contribution in [3.05, 3.63) is 59.6 Å². The third-order valence-electron chi connectivity index (χ3n) is 4.77. The monoisotopic (exact) mass is 393 g/mol. The number of aromatic amines is 1. The Morgan fingerprint density at radius 2 is 2.07 bits per heavy atom. The summed E-state index contributed by atoms with van der Waals surface area (Å²) in [6, 6.07) is 9.22. The van der Waals surface area contributed by atoms with Crippen LogP contribution in [0.25, 0.3) is 22.3 Å². The first kappa shape index (κ1) is 16.8. The molecule has 140 valence electrons. The largest absolute Gasteiger partial charge is 0.504 e. The van der Waals surface area contributed by atoms with Crippen LogP contribution in [0.15, 0.2) is 49.1 Å². The summed E-state index contributed by atoms with van der Waals surface area (Å²) in [5.41, 5.74) is 3.19. The summed E-state index contributed by atoms with van der Waals surface area (Å²) >= 11 is 5.94. The van der Waals surface area contributed by atoms with Gasteiger partial charge >= 0.3 is 0 Å². The van der Waals surface area contributed by atoms with E-state index >= 15 is 0 Å². The topological polar surface area (TPSA) is 87.2 Å². The van der Waals surface area contributed by atoms with Crippen molar-refractivity contribution >= 4 is 28.5 Å². The molecule has 0 radical (unpaired) electrons. The zero-order valence-electron chi connectivity index (χ0n) is 14.8. The Bertz CT molecular complexity index is 1160. The molecule has 0 aliphatic carbocycles. The number of fused-ring (bicyclic) bond motifs is 2. The van der Waals surface area contributed by atoms with Crippen LogP contribution in [0.2, 0.25) is 5.02 Å². The van der Waals surface area contributed by atoms with Gasteiger partial charge in [0.05, 0.1) is 22.6 Å². The number of anilines is 1. The third-order valence-corrected chi connectivity index (χ3v) is 4.99. The van der Waals surface area contributed by atoms with Gasteiger partial charge in [0.1, 0.15) is 24.4 Å². The zero-order chi connectivity index (χ0) is 19.1. The van der Waals surface area contributed by atoms with Crippen LogP contribution < -0.4 is 9.64 Å². The van der Waals surface area contributed by atoms with Crippen molar-refractivity contribution < 1.29 is 9.84 Å². The molecule has 1 aromatic carbocycles. The number of nitrogens with zero attached hydrogens (tertiary/aromatic N) is 4. The van der Waals surface area contributed by atoms with Crippen LogP contribution in [0.1, 0.15) is 5.56 Å². The van der Waals surface area contributed by atoms with Crippen LogP contribution in [0.3, 0.4) is 0 Å². The SMILES string of the molecule is Oc1cc(-c2ccc(Cl)cn2)cc2c1OCCN(c1ncnc3[nH]ccc13)C2. The number of halogens is 1. The second-order valence-corrected chi connectivity index (χ2v) is 6.99. The van der Waals surface area contributed by atoms with Crippen LogP contribution in [0.4, 0.5) is 5.82 Å². The van der Waals surface area contributed by atoms with Crippen LogP contribution in [0, 0.1) is 0 Å². The first-order valence-corrected chi connectivity index (χ1v) is 9.20. The van der Waals surface area contributed by atoms with Crippen molar-refractivity contribution in [3.63, 3.8) is 0 Å². The molecular weight excluding hydrogens is 378 g/mol. The van der Waals surface area contributed by atoms with Crippen LogP contribution in [-0.2, 0) is 6.54 Å². The Morgan fingerprint density at radius 1 is 1.14 bits per heavy atom. The predicted octanol–water partition coefficient (Wildman–Crippen LogP) is 3.78. The van der Waals surface area contributed by atoms with E-state index in [9.17, 15) is 5.11 Å². The summed E-state index contributed by atoms with van der Waals surface area (Å²) in [4.78, 5) is 18.3. The van der Waals surface area contributed by atoms with Gasteiger partial charge in [0.25, 0.3) is 0 Å². The van der Waals surface area contributed by atoms with E-state index in [1.165, 1.54) is 0 Å². The highest BCUT2D eigenvalue weighted by molar-refractivity contribution is 6.30. The van der Waals surface area contributed by atoms with Crippen molar-refractivity contribution in [3.8, 4) is 22.8 Å². The molecule has 0 saturated heterocycles. The maximum Gasteiger partial charge on any atom is 0.166 e. The Labute approximate surface area is 165 Å². The second kappa shape index (κ2) is 6.69. The fraction of sp³-hybridized carbons (Fsp3) is 0.150. The summed E-state index contributed by atoms with van der Waals surface area (Å²) < 4.78 is 5.85. The molecule has 28 heavy (non-hydrogen) atoms. The number of pyridine rings is 1. The fourth-order valence-corrected chi connectivity index (χ4v) is 3.60. The van der Waals surface area contributed by atoms with Crippen molar-refractivity contribution in [2.75, 3.05) is 18.1 Å². The predicted molar refractivity (Wildman–Crippen MR) is 107 cm³/mol. The van der Waals surface area contributed by atoms with E-state index in [1.54, 1.807) is 24.7 Å². The van der Waals surface area contributed by atoms with Gasteiger partial charge in [-0.25, -0.2) is 9.97 Å². The van der Waals surface area contributed by atoms with E-state index in [2.05, 4.69) is 24.8 Å². The fourth-order valence-electron chi connectivity index (χ4n) is 3.48. The number of benzene rings is 1. The maximum absolute atomic E-state index is 10.5. The molecule has 1 aliphatic rings. The molecule has 2 N–H and O–H groups in total. The molecule has 1 aliphatic heterocycles. The summed E-state index contributed by atoms with van der Waals surface area (Å²) in [5.74, 6) is 1.43. The molecule has 0 fully saturated rings. The molecule has 4 aromatic rings. The summed E-state index contributed by atoms with van der Waals surface area (Å²) in [7, 11) is 0. The Hall–Kier alpha value is -3.32. The minimum absolute atomic E-state index is 0.0978. The molecule has 0 atom stereocenters. The number of hydrogen-bond donors (Lipinski definition) is 2. The average molecular weight is 394 g/mol. The quantitative estimate of drug-likeness (QED) is 0.539. The number of rotatable bonds is 2. The van der Waals surface area contributed by atoms with Crippen LogP contribution >= 0.6 is 11.6 Å². The van der Waals surface area contributed by atoms with Crippen molar-refractivity contribution in [2.45, 2.75) is 6.54 Å². The lowest BCUT2D eigenvalue weighted by atomic mass is 10.0. The number of nitrogens with one attached hydrogen (secondary N) is 1. The van der Waals surface area contributed by atoms with Gasteiger partial charge in [-0.05, 0) is 30.3 Å². The highest BCUT2D eigenvalue weighted by Gasteiger charge is 2.22. The van der Waals surface area contributed by atoms with Crippen molar-refractivity contribution in [2.24, 2.45) is 0 Å². The molecule has 0 spiro atoms. The third kappa shape index (κ3) is 2.90. The summed E-state index contributed by atoms with van der Waals surface area (Å²) in [6.45, 7) is 1.62. The standard InChI is InChI=1S/C20H16ClN5O2/c21-14-1-2-16(23-9-14)12-7-13-10-26(5-6-28-18(13)17(27)8-12)20-15-3-4-22-19(15)24-11-25-20/h1-4,7-9,11,27H,5-6,10H2,(H,22,24,25). The van der Waals surface area contributed by atoms with E-state index in [4.69, 9.17) is 16.3 Å². The lowest BCUT2D eigenvalue weighted by Crippen LogP contribution is -2.26. The highest BCUT2D eigenvalue weighted by Crippen LogP contribution is 2.38. The zero-order valence-corrected chi connectivity index (χ0v) is 15.5. The van der Waals surface area contributed by atoms with Gasteiger partial charge in [0.2, 0.25) is 0 Å². The summed E-state index contributed by atoms with van der Waals surface area (Å²) in [6.07, 6.45) is 4.99. The number of phenolic OH excluding ortho intramolecular Hbond substituents is 1. The molecule has 5 rings (SSSR count). The first-order chi connectivity index (χ1) is 13.7. The Kier molecular flexibility index (Phi) is 4.02. The van der Waals surface area contributed by atoms with Crippen LogP contribution in [-0.4, -0.2) is 38.2 Å². The maximum atomic E-state index is 10.5. The van der Waals surface area contributed by atoms with E-state index in [0.29, 0.717) is 30.5 Å². The molecule has 3 aromatic heterocycles. The summed E-state index contributed by atoms with van der Waals surface area (Å²) in [5, 5.41) is 12.1. The van der Waals surface area contributed by atoms with Gasteiger partial charge in [-0.2, -0.15) is 0 Å². The lowest BCUT2D eigenvalue weighted by molar-refractivity contribution is 0.312. The van der Waals surface area contributed by atoms with Gasteiger partial charge in [-0.1, -0.05) is 11.6 Å². The van der Waals surface area contributed by atoms with Gasteiger partial charge in [-0.15, -0.1) is 0 Å². The molecule has 0 unspecified atom stereocenters. The van der Waals surface area contributed by atoms with Gasteiger partial charge in [0, 0.05) is 30.1 Å². The minimum atomic E-state index is 0.0978. The number of aromatic nitrogens is 4. The molecule has 0 bridgehead atoms. The average Bonchev–Trinajstić information content (AvgIpc) is 3.08. The van der Waals surface area contributed by atoms with Crippen molar-refractivity contribution in [1.29, 1.82) is 0 Å². The molecular formula is C20H16ClN5O2. The van der Waals surface area contributed by atoms with E-state index in [1.807, 2.05) is 24.4 Å². The highest BCUT2D eigenvalue weighted by atomic mass is 35.5. The van der Waals surface area contributed by atoms with Gasteiger partial charge < -0.3 is 19.7 Å². The molecule has 8 heteroatoms. The minimum Gasteiger partial charge on any atom is -0.504 e. The first-order valence-electron chi connectivity index (χ1n) is 8.83. The van der Waals surface area contributed by atoms with Gasteiger partial charge in [0.15, 0.2) is 11.5 Å². The normalized spacial score (nSPS) is 13.8. The number of aromatic hydroxyl groups is 1. The molecule has 7 nitrogen and oxygen atoms in total. The van der Waals surface area contributed by atoms with E-state index in [-0.39, 0.29) is 5.75 Å². The lowest BCUT2D eigenvalue weighted by Gasteiger charge is -2.21. The number of H-pyrrole nitrogens is 1. The Morgan fingerprint density at radius 3 is 2.93 bits per heavy atom. The van der Waals surface area contributed by atoms with Crippen molar-refractivity contribution in [1.82, 2.24) is 19.9 Å². The number of ether oxygens (including phenoxy) is 1. The smallest absolute Gasteiger partial charge is 0.166 e. The molecule has 0 saturated carbocycles. The second-order valence-electron chi connectivity index (χ2n) is 6.55. The van der Waals surface area contributed by atoms with Gasteiger partial charge in [-0.3, -0.25) is 4.98 Å². The van der Waals surface area contributed by atoms with Crippen LogP contribution in [0.5, 0.6) is 11.5 Å². The van der Waals surface area contributed by atoms with E-state index in [0.717, 1.165) is 33.7 Å². The number of phenols is 1.